The van der Waals surface area contributed by atoms with Gasteiger partial charge in [-0.25, -0.2) is 4.79 Å². The smallest absolute Gasteiger partial charge is 0.343 e. The number of benzene rings is 2. The van der Waals surface area contributed by atoms with Crippen molar-refractivity contribution >= 4 is 45.5 Å². The van der Waals surface area contributed by atoms with Crippen LogP contribution in [0.1, 0.15) is 33.6 Å². The fraction of sp³-hybridized carbons (Fsp3) is 0.240. The van der Waals surface area contributed by atoms with Gasteiger partial charge in [-0.3, -0.25) is 24.1 Å². The number of halogens is 1. The van der Waals surface area contributed by atoms with E-state index < -0.39 is 42.7 Å². The van der Waals surface area contributed by atoms with Crippen LogP contribution in [0.3, 0.4) is 0 Å². The first kappa shape index (κ1) is 23.6. The van der Waals surface area contributed by atoms with Crippen LogP contribution in [-0.4, -0.2) is 47.6 Å². The minimum atomic E-state index is -0.832. The Labute approximate surface area is 203 Å². The van der Waals surface area contributed by atoms with Crippen molar-refractivity contribution in [2.75, 3.05) is 13.2 Å². The highest BCUT2D eigenvalue weighted by molar-refractivity contribution is 9.10. The number of amides is 2. The number of likely N-dealkylation sites (tertiary alicyclic amines) is 1. The molecule has 4 rings (SSSR count). The number of hydrogen-bond donors (Lipinski definition) is 0. The van der Waals surface area contributed by atoms with Crippen LogP contribution in [0.5, 0.6) is 5.75 Å². The number of carbonyl (C=O) groups excluding carboxylic acids is 5. The van der Waals surface area contributed by atoms with E-state index >= 15 is 0 Å². The molecule has 1 saturated heterocycles. The lowest BCUT2D eigenvalue weighted by Gasteiger charge is -2.14. The van der Waals surface area contributed by atoms with Gasteiger partial charge in [0, 0.05) is 10.0 Å². The quantitative estimate of drug-likeness (QED) is 0.179. The molecule has 2 atom stereocenters. The predicted octanol–water partition coefficient (Wildman–Crippen LogP) is 3.35. The van der Waals surface area contributed by atoms with Crippen LogP contribution in [0.25, 0.3) is 0 Å². The van der Waals surface area contributed by atoms with Crippen molar-refractivity contribution in [3.63, 3.8) is 0 Å². The summed E-state index contributed by atoms with van der Waals surface area (Å²) < 4.78 is 11.1. The number of ketones is 1. The van der Waals surface area contributed by atoms with E-state index in [-0.39, 0.29) is 23.1 Å². The van der Waals surface area contributed by atoms with Crippen LogP contribution >= 0.6 is 15.9 Å². The topological polar surface area (TPSA) is 107 Å². The summed E-state index contributed by atoms with van der Waals surface area (Å²) in [5.74, 6) is -3.21. The fourth-order valence-electron chi connectivity index (χ4n) is 3.89. The Hall–Kier alpha value is -3.59. The zero-order valence-corrected chi connectivity index (χ0v) is 19.5. The Morgan fingerprint density at radius 1 is 0.853 bits per heavy atom. The molecule has 1 fully saturated rings. The van der Waals surface area contributed by atoms with E-state index in [9.17, 15) is 24.0 Å². The van der Waals surface area contributed by atoms with Gasteiger partial charge in [-0.2, -0.15) is 0 Å². The first-order valence-corrected chi connectivity index (χ1v) is 11.4. The van der Waals surface area contributed by atoms with Crippen molar-refractivity contribution in [2.45, 2.75) is 12.8 Å². The second-order valence-corrected chi connectivity index (χ2v) is 8.84. The number of esters is 2. The number of fused-ring (bicyclic) bond motifs is 1. The Morgan fingerprint density at radius 2 is 1.41 bits per heavy atom. The number of carbonyl (C=O) groups is 5. The molecule has 8 nitrogen and oxygen atoms in total. The molecule has 0 aromatic heterocycles. The van der Waals surface area contributed by atoms with E-state index in [0.29, 0.717) is 18.4 Å². The zero-order valence-electron chi connectivity index (χ0n) is 17.9. The monoisotopic (exact) mass is 525 g/mol. The Balaban J connectivity index is 1.27. The molecule has 2 amide bonds. The molecule has 34 heavy (non-hydrogen) atoms. The molecule has 9 heteroatoms. The summed E-state index contributed by atoms with van der Waals surface area (Å²) >= 11 is 3.29. The average Bonchev–Trinajstić information content (AvgIpc) is 3.08. The van der Waals surface area contributed by atoms with Crippen LogP contribution in [0, 0.1) is 11.8 Å². The summed E-state index contributed by atoms with van der Waals surface area (Å²) in [6.45, 7) is -1.05. The fourth-order valence-corrected chi connectivity index (χ4v) is 4.15. The summed E-state index contributed by atoms with van der Waals surface area (Å²) in [7, 11) is 0. The summed E-state index contributed by atoms with van der Waals surface area (Å²) in [4.78, 5) is 62.5. The molecule has 1 aliphatic heterocycles. The maximum atomic E-state index is 12.4. The van der Waals surface area contributed by atoms with Crippen LogP contribution in [-0.2, 0) is 19.1 Å². The molecule has 2 aromatic rings. The summed E-state index contributed by atoms with van der Waals surface area (Å²) in [5.41, 5.74) is 0.627. The number of allylic oxidation sites excluding steroid dienone is 2. The third-order valence-corrected chi connectivity index (χ3v) is 6.25. The Bertz CT molecular complexity index is 1140. The Morgan fingerprint density at radius 3 is 2.00 bits per heavy atom. The molecule has 0 bridgehead atoms. The zero-order chi connectivity index (χ0) is 24.2. The highest BCUT2D eigenvalue weighted by atomic mass is 79.9. The molecule has 2 unspecified atom stereocenters. The molecule has 2 aromatic carbocycles. The summed E-state index contributed by atoms with van der Waals surface area (Å²) in [6.07, 6.45) is 4.68. The minimum Gasteiger partial charge on any atom is -0.456 e. The molecular weight excluding hydrogens is 506 g/mol. The number of imide groups is 1. The first-order chi connectivity index (χ1) is 16.3. The van der Waals surface area contributed by atoms with Gasteiger partial charge in [-0.15, -0.1) is 0 Å². The van der Waals surface area contributed by atoms with Gasteiger partial charge in [0.05, 0.1) is 17.4 Å². The molecule has 0 N–H and O–H groups in total. The average molecular weight is 526 g/mol. The second-order valence-electron chi connectivity index (χ2n) is 7.92. The second kappa shape index (κ2) is 10.1. The maximum Gasteiger partial charge on any atom is 0.343 e. The van der Waals surface area contributed by atoms with Gasteiger partial charge in [-0.1, -0.05) is 28.1 Å². The predicted molar refractivity (Wildman–Crippen MR) is 123 cm³/mol. The molecular formula is C25H20BrNO7. The molecule has 1 heterocycles. The standard InChI is InChI=1S/C25H20BrNO7/c26-17-9-5-16(6-10-17)25(32)34-18-11-7-15(8-12-18)21(28)14-33-22(29)13-27-23(30)19-3-1-2-4-20(19)24(27)31/h1-2,5-12,19-20H,3-4,13-14H2. The van der Waals surface area contributed by atoms with Crippen molar-refractivity contribution in [3.05, 3.63) is 76.3 Å². The van der Waals surface area contributed by atoms with Gasteiger partial charge in [0.25, 0.3) is 0 Å². The molecule has 0 saturated carbocycles. The van der Waals surface area contributed by atoms with E-state index in [1.54, 1.807) is 24.3 Å². The van der Waals surface area contributed by atoms with Crippen molar-refractivity contribution in [1.29, 1.82) is 0 Å². The van der Waals surface area contributed by atoms with E-state index in [1.165, 1.54) is 24.3 Å². The highest BCUT2D eigenvalue weighted by Gasteiger charge is 2.47. The molecule has 2 aliphatic rings. The number of nitrogens with zero attached hydrogens (tertiary/aromatic N) is 1. The number of ether oxygens (including phenoxy) is 2. The number of rotatable bonds is 7. The third-order valence-electron chi connectivity index (χ3n) is 5.72. The number of hydrogen-bond acceptors (Lipinski definition) is 7. The maximum absolute atomic E-state index is 12.4. The Kier molecular flexibility index (Phi) is 7.02. The normalized spacial score (nSPS) is 19.0. The van der Waals surface area contributed by atoms with Crippen LogP contribution in [0.4, 0.5) is 0 Å². The SMILES string of the molecule is O=C(CN1C(=O)C2CC=CCC2C1=O)OCC(=O)c1ccc(OC(=O)c2ccc(Br)cc2)cc1. The lowest BCUT2D eigenvalue weighted by molar-refractivity contribution is -0.152. The molecule has 0 radical (unpaired) electrons. The van der Waals surface area contributed by atoms with Gasteiger partial charge >= 0.3 is 11.9 Å². The lowest BCUT2D eigenvalue weighted by Crippen LogP contribution is -2.37. The number of Topliss-reactive ketones (excluding diaryl/α,β-unsaturated/α-hetero) is 1. The van der Waals surface area contributed by atoms with Gasteiger partial charge in [0.1, 0.15) is 12.3 Å². The lowest BCUT2D eigenvalue weighted by atomic mass is 9.85. The van der Waals surface area contributed by atoms with Gasteiger partial charge in [0.15, 0.2) is 12.4 Å². The third kappa shape index (κ3) is 5.14. The van der Waals surface area contributed by atoms with E-state index in [0.717, 1.165) is 9.37 Å². The molecule has 0 spiro atoms. The van der Waals surface area contributed by atoms with Crippen molar-refractivity contribution in [2.24, 2.45) is 11.8 Å². The van der Waals surface area contributed by atoms with Gasteiger partial charge in [0.2, 0.25) is 11.8 Å². The summed E-state index contributed by atoms with van der Waals surface area (Å²) in [5, 5.41) is 0. The molecule has 174 valence electrons. The van der Waals surface area contributed by atoms with Gasteiger partial charge in [-0.05, 0) is 61.4 Å². The van der Waals surface area contributed by atoms with Crippen molar-refractivity contribution in [1.82, 2.24) is 4.90 Å². The highest BCUT2D eigenvalue weighted by Crippen LogP contribution is 2.34. The van der Waals surface area contributed by atoms with Gasteiger partial charge < -0.3 is 9.47 Å². The van der Waals surface area contributed by atoms with Crippen LogP contribution in [0.15, 0.2) is 65.2 Å². The van der Waals surface area contributed by atoms with E-state index in [2.05, 4.69) is 15.9 Å². The van der Waals surface area contributed by atoms with Crippen molar-refractivity contribution in [3.8, 4) is 5.75 Å². The van der Waals surface area contributed by atoms with Crippen LogP contribution in [0.2, 0.25) is 0 Å². The van der Waals surface area contributed by atoms with E-state index in [1.807, 2.05) is 12.2 Å². The summed E-state index contributed by atoms with van der Waals surface area (Å²) in [6, 6.07) is 12.5. The first-order valence-electron chi connectivity index (χ1n) is 10.6. The van der Waals surface area contributed by atoms with E-state index in [4.69, 9.17) is 9.47 Å². The van der Waals surface area contributed by atoms with Crippen LogP contribution < -0.4 is 4.74 Å². The molecule has 1 aliphatic carbocycles. The van der Waals surface area contributed by atoms with Crippen molar-refractivity contribution < 1.29 is 33.4 Å². The minimum absolute atomic E-state index is 0.252. The largest absolute Gasteiger partial charge is 0.456 e.